The Morgan fingerprint density at radius 3 is 2.79 bits per heavy atom. The molecule has 148 valence electrons. The largest absolute Gasteiger partial charge is 0.497 e. The summed E-state index contributed by atoms with van der Waals surface area (Å²) in [7, 11) is 1.59. The zero-order valence-electron chi connectivity index (χ0n) is 16.3. The van der Waals surface area contributed by atoms with Crippen molar-refractivity contribution in [2.75, 3.05) is 24.7 Å². The molecule has 1 heterocycles. The van der Waals surface area contributed by atoms with Crippen LogP contribution in [0.15, 0.2) is 53.4 Å². The fourth-order valence-corrected chi connectivity index (χ4v) is 4.21. The van der Waals surface area contributed by atoms with Gasteiger partial charge in [-0.25, -0.2) is 0 Å². The molecule has 0 aliphatic carbocycles. The number of amides is 2. The minimum absolute atomic E-state index is 0.0588. The number of piperidine rings is 1. The molecular formula is C22H26N2O3S. The lowest BCUT2D eigenvalue weighted by Gasteiger charge is -2.33. The zero-order chi connectivity index (χ0) is 19.9. The fraction of sp³-hybridized carbons (Fsp3) is 0.364. The summed E-state index contributed by atoms with van der Waals surface area (Å²) in [6, 6.07) is 15.1. The van der Waals surface area contributed by atoms with Crippen LogP contribution in [0.25, 0.3) is 0 Å². The first-order valence-electron chi connectivity index (χ1n) is 9.55. The Hall–Kier alpha value is -2.47. The van der Waals surface area contributed by atoms with Crippen LogP contribution >= 0.6 is 11.8 Å². The Bertz CT molecular complexity index is 840. The van der Waals surface area contributed by atoms with Gasteiger partial charge in [0, 0.05) is 29.2 Å². The van der Waals surface area contributed by atoms with Crippen molar-refractivity contribution in [1.29, 1.82) is 0 Å². The molecule has 0 bridgehead atoms. The van der Waals surface area contributed by atoms with Crippen molar-refractivity contribution >= 4 is 29.3 Å². The van der Waals surface area contributed by atoms with Gasteiger partial charge in [-0.2, -0.15) is 0 Å². The SMILES string of the molecule is COc1cccc(NC(=O)CSc2ccccc2C(=O)N2CCCCC2C)c1. The molecule has 1 unspecified atom stereocenters. The average molecular weight is 399 g/mol. The number of hydrogen-bond acceptors (Lipinski definition) is 4. The van der Waals surface area contributed by atoms with E-state index in [0.717, 1.165) is 24.3 Å². The molecule has 0 saturated carbocycles. The summed E-state index contributed by atoms with van der Waals surface area (Å²) in [6.07, 6.45) is 3.27. The number of likely N-dealkylation sites (tertiary alicyclic amines) is 1. The number of methoxy groups -OCH3 is 1. The Labute approximate surface area is 170 Å². The molecule has 5 nitrogen and oxygen atoms in total. The quantitative estimate of drug-likeness (QED) is 0.731. The number of anilines is 1. The third kappa shape index (κ3) is 5.07. The van der Waals surface area contributed by atoms with Crippen molar-refractivity contribution in [3.8, 4) is 5.75 Å². The Kier molecular flexibility index (Phi) is 6.98. The van der Waals surface area contributed by atoms with E-state index in [-0.39, 0.29) is 23.6 Å². The van der Waals surface area contributed by atoms with Gasteiger partial charge >= 0.3 is 0 Å². The van der Waals surface area contributed by atoms with Gasteiger partial charge in [0.05, 0.1) is 18.4 Å². The van der Waals surface area contributed by atoms with E-state index in [1.807, 2.05) is 47.4 Å². The molecule has 2 aromatic carbocycles. The maximum absolute atomic E-state index is 13.0. The third-order valence-electron chi connectivity index (χ3n) is 4.89. The lowest BCUT2D eigenvalue weighted by Crippen LogP contribution is -2.42. The van der Waals surface area contributed by atoms with E-state index < -0.39 is 0 Å². The van der Waals surface area contributed by atoms with Crippen LogP contribution in [-0.4, -0.2) is 42.2 Å². The number of carbonyl (C=O) groups is 2. The minimum atomic E-state index is -0.119. The lowest BCUT2D eigenvalue weighted by atomic mass is 10.0. The molecule has 28 heavy (non-hydrogen) atoms. The van der Waals surface area contributed by atoms with Crippen LogP contribution in [-0.2, 0) is 4.79 Å². The number of rotatable bonds is 6. The van der Waals surface area contributed by atoms with Gasteiger partial charge in [-0.15, -0.1) is 11.8 Å². The smallest absolute Gasteiger partial charge is 0.255 e. The van der Waals surface area contributed by atoms with Gasteiger partial charge in [0.2, 0.25) is 5.91 Å². The highest BCUT2D eigenvalue weighted by atomic mass is 32.2. The van der Waals surface area contributed by atoms with Gasteiger partial charge in [-0.3, -0.25) is 9.59 Å². The first-order valence-corrected chi connectivity index (χ1v) is 10.5. The highest BCUT2D eigenvalue weighted by Gasteiger charge is 2.25. The molecule has 0 radical (unpaired) electrons. The fourth-order valence-electron chi connectivity index (χ4n) is 3.36. The Balaban J connectivity index is 1.64. The van der Waals surface area contributed by atoms with E-state index >= 15 is 0 Å². The Morgan fingerprint density at radius 2 is 2.00 bits per heavy atom. The van der Waals surface area contributed by atoms with Crippen LogP contribution in [0.5, 0.6) is 5.75 Å². The maximum Gasteiger partial charge on any atom is 0.255 e. The van der Waals surface area contributed by atoms with Crippen LogP contribution in [0.1, 0.15) is 36.5 Å². The normalized spacial score (nSPS) is 16.5. The van der Waals surface area contributed by atoms with Crippen LogP contribution in [0.3, 0.4) is 0 Å². The summed E-state index contributed by atoms with van der Waals surface area (Å²) in [4.78, 5) is 28.2. The third-order valence-corrected chi connectivity index (χ3v) is 5.97. The van der Waals surface area contributed by atoms with Crippen molar-refractivity contribution in [2.24, 2.45) is 0 Å². The van der Waals surface area contributed by atoms with Crippen molar-refractivity contribution in [3.05, 3.63) is 54.1 Å². The first kappa shape index (κ1) is 20.3. The van der Waals surface area contributed by atoms with Crippen LogP contribution < -0.4 is 10.1 Å². The van der Waals surface area contributed by atoms with Crippen LogP contribution in [0, 0.1) is 0 Å². The number of nitrogens with one attached hydrogen (secondary N) is 1. The van der Waals surface area contributed by atoms with Gasteiger partial charge < -0.3 is 15.0 Å². The summed E-state index contributed by atoms with van der Waals surface area (Å²) in [5.74, 6) is 0.865. The number of hydrogen-bond donors (Lipinski definition) is 1. The van der Waals surface area contributed by atoms with Gasteiger partial charge in [-0.05, 0) is 50.5 Å². The molecule has 1 atom stereocenters. The molecule has 3 rings (SSSR count). The van der Waals surface area contributed by atoms with Gasteiger partial charge in [0.25, 0.3) is 5.91 Å². The lowest BCUT2D eigenvalue weighted by molar-refractivity contribution is -0.113. The second-order valence-electron chi connectivity index (χ2n) is 6.91. The predicted molar refractivity (Wildman–Crippen MR) is 113 cm³/mol. The summed E-state index contributed by atoms with van der Waals surface area (Å²) in [6.45, 7) is 2.91. The maximum atomic E-state index is 13.0. The summed E-state index contributed by atoms with van der Waals surface area (Å²) >= 11 is 1.39. The van der Waals surface area contributed by atoms with Crippen molar-refractivity contribution in [2.45, 2.75) is 37.1 Å². The van der Waals surface area contributed by atoms with Gasteiger partial charge in [-0.1, -0.05) is 18.2 Å². The number of nitrogens with zero attached hydrogens (tertiary/aromatic N) is 1. The van der Waals surface area contributed by atoms with E-state index in [2.05, 4.69) is 12.2 Å². The predicted octanol–water partition coefficient (Wildman–Crippen LogP) is 4.44. The zero-order valence-corrected chi connectivity index (χ0v) is 17.1. The summed E-state index contributed by atoms with van der Waals surface area (Å²) < 4.78 is 5.18. The van der Waals surface area contributed by atoms with E-state index in [1.165, 1.54) is 18.2 Å². The molecule has 2 aromatic rings. The number of benzene rings is 2. The number of thioether (sulfide) groups is 1. The molecule has 1 aliphatic heterocycles. The van der Waals surface area contributed by atoms with Gasteiger partial charge in [0.1, 0.15) is 5.75 Å². The molecule has 2 amide bonds. The number of carbonyl (C=O) groups excluding carboxylic acids is 2. The second kappa shape index (κ2) is 9.64. The van der Waals surface area contributed by atoms with Crippen LogP contribution in [0.4, 0.5) is 5.69 Å². The van der Waals surface area contributed by atoms with Crippen LogP contribution in [0.2, 0.25) is 0 Å². The summed E-state index contributed by atoms with van der Waals surface area (Å²) in [5.41, 5.74) is 1.37. The average Bonchev–Trinajstić information content (AvgIpc) is 2.72. The van der Waals surface area contributed by atoms with Gasteiger partial charge in [0.15, 0.2) is 0 Å². The van der Waals surface area contributed by atoms with E-state index in [4.69, 9.17) is 4.74 Å². The van der Waals surface area contributed by atoms with E-state index in [0.29, 0.717) is 17.0 Å². The Morgan fingerprint density at radius 1 is 1.18 bits per heavy atom. The van der Waals surface area contributed by atoms with Crippen molar-refractivity contribution in [1.82, 2.24) is 4.90 Å². The minimum Gasteiger partial charge on any atom is -0.497 e. The molecule has 1 fully saturated rings. The standard InChI is InChI=1S/C22H26N2O3S/c1-16-8-5-6-13-24(16)22(26)19-11-3-4-12-20(19)28-15-21(25)23-17-9-7-10-18(14-17)27-2/h3-4,7,9-12,14,16H,5-6,8,13,15H2,1-2H3,(H,23,25). The summed E-state index contributed by atoms with van der Waals surface area (Å²) in [5, 5.41) is 2.87. The number of ether oxygens (including phenoxy) is 1. The molecule has 0 spiro atoms. The van der Waals surface area contributed by atoms with Crippen molar-refractivity contribution in [3.63, 3.8) is 0 Å². The molecule has 1 saturated heterocycles. The molecule has 6 heteroatoms. The molecule has 0 aromatic heterocycles. The molecule has 1 N–H and O–H groups in total. The topological polar surface area (TPSA) is 58.6 Å². The molecule has 1 aliphatic rings. The molecular weight excluding hydrogens is 372 g/mol. The first-order chi connectivity index (χ1) is 13.6. The highest BCUT2D eigenvalue weighted by molar-refractivity contribution is 8.00. The van der Waals surface area contributed by atoms with E-state index in [1.54, 1.807) is 13.2 Å². The van der Waals surface area contributed by atoms with Crippen molar-refractivity contribution < 1.29 is 14.3 Å². The monoisotopic (exact) mass is 398 g/mol. The highest BCUT2D eigenvalue weighted by Crippen LogP contribution is 2.27. The second-order valence-corrected chi connectivity index (χ2v) is 7.93. The van der Waals surface area contributed by atoms with E-state index in [9.17, 15) is 9.59 Å².